The van der Waals surface area contributed by atoms with E-state index in [9.17, 15) is 10.5 Å². The average molecular weight is 584 g/mol. The molecule has 0 bridgehead atoms. The standard InChI is InChI=1S/C28H17N5S5/c1-2-21-22(24-7-3-19(37-24)13-17(15-29)27-31-9-11-35-27)5-6-23(26(21)33-34)25-8-4-20(38-25)14-18(16-30)28-32-10-12-36-28/h3-14H,2H2,1H3/b17-13+,18-14+. The van der Waals surface area contributed by atoms with Gasteiger partial charge in [-0.15, -0.1) is 45.3 Å². The zero-order valence-electron chi connectivity index (χ0n) is 19.9. The quantitative estimate of drug-likeness (QED) is 0.170. The number of rotatable bonds is 8. The molecule has 5 aromatic rings. The number of thiazole rings is 2. The van der Waals surface area contributed by atoms with Gasteiger partial charge in [-0.2, -0.15) is 14.9 Å². The molecule has 0 saturated carbocycles. The molecule has 0 aliphatic heterocycles. The van der Waals surface area contributed by atoms with Gasteiger partial charge in [0.05, 0.1) is 16.8 Å². The van der Waals surface area contributed by atoms with Crippen LogP contribution in [0.4, 0.5) is 5.69 Å². The number of allylic oxidation sites excluding steroid dienone is 2. The SMILES string of the molecule is CCc1c(-c2ccc(/C=C(\C#N)c3nccs3)s2)ccc(-c2ccc(/C=C(\C#N)c3nccs3)s2)c1N=S. The summed E-state index contributed by atoms with van der Waals surface area (Å²) in [4.78, 5) is 12.6. The molecular weight excluding hydrogens is 567 g/mol. The van der Waals surface area contributed by atoms with E-state index in [1.165, 1.54) is 22.7 Å². The topological polar surface area (TPSA) is 85.7 Å². The van der Waals surface area contributed by atoms with E-state index >= 15 is 0 Å². The van der Waals surface area contributed by atoms with Crippen molar-refractivity contribution in [3.63, 3.8) is 0 Å². The minimum Gasteiger partial charge on any atom is -0.244 e. The molecule has 1 aromatic carbocycles. The molecule has 0 N–H and O–H groups in total. The minimum absolute atomic E-state index is 0.545. The first kappa shape index (κ1) is 26.0. The number of benzene rings is 1. The van der Waals surface area contributed by atoms with Gasteiger partial charge in [0, 0.05) is 60.7 Å². The van der Waals surface area contributed by atoms with Crippen LogP contribution in [0.1, 0.15) is 32.3 Å². The van der Waals surface area contributed by atoms with Crippen LogP contribution in [0, 0.1) is 22.7 Å². The smallest absolute Gasteiger partial charge is 0.133 e. The van der Waals surface area contributed by atoms with Crippen LogP contribution in [0.15, 0.2) is 63.9 Å². The molecule has 0 aliphatic rings. The largest absolute Gasteiger partial charge is 0.244 e. The summed E-state index contributed by atoms with van der Waals surface area (Å²) < 4.78 is 4.29. The first-order valence-electron chi connectivity index (χ1n) is 11.4. The fourth-order valence-corrected chi connectivity index (χ4v) is 7.36. The molecule has 0 fully saturated rings. The van der Waals surface area contributed by atoms with Crippen LogP contribution >= 0.6 is 45.3 Å². The molecular formula is C28H17N5S5. The highest BCUT2D eigenvalue weighted by Gasteiger charge is 2.17. The second-order valence-corrected chi connectivity index (χ2v) is 12.1. The van der Waals surface area contributed by atoms with Crippen LogP contribution in [0.2, 0.25) is 0 Å². The Balaban J connectivity index is 1.50. The fraction of sp³-hybridized carbons (Fsp3) is 0.0714. The third-order valence-electron chi connectivity index (χ3n) is 5.65. The van der Waals surface area contributed by atoms with Crippen LogP contribution in [-0.2, 0) is 18.8 Å². The zero-order valence-corrected chi connectivity index (χ0v) is 24.0. The second-order valence-electron chi connectivity index (χ2n) is 7.85. The monoisotopic (exact) mass is 583 g/mol. The highest BCUT2D eigenvalue weighted by atomic mass is 32.1. The molecule has 0 unspecified atom stereocenters. The summed E-state index contributed by atoms with van der Waals surface area (Å²) in [5.74, 6) is 0. The molecule has 0 radical (unpaired) electrons. The Kier molecular flexibility index (Phi) is 8.08. The summed E-state index contributed by atoms with van der Waals surface area (Å²) in [6, 6.07) is 16.8. The number of nitriles is 2. The maximum Gasteiger partial charge on any atom is 0.133 e. The molecule has 0 amide bonds. The molecule has 4 heterocycles. The number of aromatic nitrogens is 2. The van der Waals surface area contributed by atoms with E-state index in [0.29, 0.717) is 21.2 Å². The highest BCUT2D eigenvalue weighted by molar-refractivity contribution is 7.47. The van der Waals surface area contributed by atoms with E-state index in [1.807, 2.05) is 41.1 Å². The van der Waals surface area contributed by atoms with Gasteiger partial charge in [-0.1, -0.05) is 19.1 Å². The van der Waals surface area contributed by atoms with Crippen LogP contribution in [0.3, 0.4) is 0 Å². The van der Waals surface area contributed by atoms with E-state index in [1.54, 1.807) is 35.1 Å². The van der Waals surface area contributed by atoms with Crippen LogP contribution in [0.25, 0.3) is 44.2 Å². The summed E-state index contributed by atoms with van der Waals surface area (Å²) >= 11 is 11.4. The second kappa shape index (κ2) is 11.8. The lowest BCUT2D eigenvalue weighted by Gasteiger charge is -2.13. The fourth-order valence-electron chi connectivity index (χ4n) is 3.96. The van der Waals surface area contributed by atoms with Crippen molar-refractivity contribution in [2.75, 3.05) is 0 Å². The lowest BCUT2D eigenvalue weighted by molar-refractivity contribution is 1.14. The van der Waals surface area contributed by atoms with Crippen LogP contribution in [0.5, 0.6) is 0 Å². The molecule has 0 aliphatic carbocycles. The Morgan fingerprint density at radius 1 is 0.842 bits per heavy atom. The predicted octanol–water partition coefficient (Wildman–Crippen LogP) is 9.11. The summed E-state index contributed by atoms with van der Waals surface area (Å²) in [5.41, 5.74) is 5.04. The van der Waals surface area contributed by atoms with Gasteiger partial charge in [-0.25, -0.2) is 9.97 Å². The van der Waals surface area contributed by atoms with Crippen LogP contribution in [-0.4, -0.2) is 9.97 Å². The van der Waals surface area contributed by atoms with E-state index in [4.69, 9.17) is 12.4 Å². The van der Waals surface area contributed by atoms with Crippen molar-refractivity contribution in [3.8, 4) is 33.0 Å². The van der Waals surface area contributed by atoms with Gasteiger partial charge < -0.3 is 0 Å². The van der Waals surface area contributed by atoms with Crippen LogP contribution < -0.4 is 0 Å². The molecule has 0 spiro atoms. The van der Waals surface area contributed by atoms with E-state index in [2.05, 4.69) is 51.6 Å². The van der Waals surface area contributed by atoms with Gasteiger partial charge in [0.2, 0.25) is 0 Å². The Morgan fingerprint density at radius 2 is 1.37 bits per heavy atom. The Morgan fingerprint density at radius 3 is 1.82 bits per heavy atom. The van der Waals surface area contributed by atoms with E-state index < -0.39 is 0 Å². The van der Waals surface area contributed by atoms with Gasteiger partial charge in [-0.05, 0) is 54.0 Å². The third-order valence-corrected chi connectivity index (χ3v) is 9.58. The average Bonchev–Trinajstić information content (AvgIpc) is 3.76. The number of thiophene rings is 2. The lowest BCUT2D eigenvalue weighted by atomic mass is 9.97. The number of nitrogens with zero attached hydrogens (tertiary/aromatic N) is 5. The van der Waals surface area contributed by atoms with Crippen molar-refractivity contribution in [3.05, 3.63) is 84.9 Å². The number of hydrogen-bond acceptors (Lipinski definition) is 10. The first-order valence-corrected chi connectivity index (χ1v) is 15.1. The van der Waals surface area contributed by atoms with Crippen molar-refractivity contribution < 1.29 is 0 Å². The third kappa shape index (κ3) is 5.32. The van der Waals surface area contributed by atoms with Gasteiger partial charge in [-0.3, -0.25) is 0 Å². The van der Waals surface area contributed by atoms with Gasteiger partial charge >= 0.3 is 0 Å². The molecule has 10 heteroatoms. The Hall–Kier alpha value is -3.64. The molecule has 0 atom stereocenters. The summed E-state index contributed by atoms with van der Waals surface area (Å²) in [5, 5.41) is 24.3. The molecule has 5 rings (SSSR count). The van der Waals surface area contributed by atoms with Gasteiger partial charge in [0.15, 0.2) is 0 Å². The minimum atomic E-state index is 0.545. The van der Waals surface area contributed by atoms with E-state index in [0.717, 1.165) is 48.3 Å². The summed E-state index contributed by atoms with van der Waals surface area (Å²) in [7, 11) is 0. The summed E-state index contributed by atoms with van der Waals surface area (Å²) in [6.45, 7) is 2.10. The zero-order chi connectivity index (χ0) is 26.5. The Labute approximate surface area is 241 Å². The molecule has 0 saturated heterocycles. The van der Waals surface area contributed by atoms with E-state index in [-0.39, 0.29) is 0 Å². The van der Waals surface area contributed by atoms with Crippen molar-refractivity contribution >= 4 is 86.8 Å². The molecule has 4 aromatic heterocycles. The lowest BCUT2D eigenvalue weighted by Crippen LogP contribution is -1.89. The number of hydrogen-bond donors (Lipinski definition) is 0. The van der Waals surface area contributed by atoms with Crippen molar-refractivity contribution in [1.29, 1.82) is 10.5 Å². The highest BCUT2D eigenvalue weighted by Crippen LogP contribution is 2.44. The maximum absolute atomic E-state index is 9.59. The predicted molar refractivity (Wildman–Crippen MR) is 163 cm³/mol. The van der Waals surface area contributed by atoms with Gasteiger partial charge in [0.1, 0.15) is 22.2 Å². The Bertz CT molecular complexity index is 1740. The van der Waals surface area contributed by atoms with Crippen molar-refractivity contribution in [2.45, 2.75) is 13.3 Å². The molecule has 184 valence electrons. The van der Waals surface area contributed by atoms with Gasteiger partial charge in [0.25, 0.3) is 0 Å². The normalized spacial score (nSPS) is 11.8. The van der Waals surface area contributed by atoms with Crippen molar-refractivity contribution in [2.24, 2.45) is 4.36 Å². The molecule has 5 nitrogen and oxygen atoms in total. The maximum atomic E-state index is 9.59. The first-order chi connectivity index (χ1) is 18.6. The molecule has 38 heavy (non-hydrogen) atoms. The summed E-state index contributed by atoms with van der Waals surface area (Å²) in [6.07, 6.45) is 7.93. The van der Waals surface area contributed by atoms with Crippen molar-refractivity contribution in [1.82, 2.24) is 9.97 Å².